The molecule has 0 amide bonds. The van der Waals surface area contributed by atoms with E-state index in [1.54, 1.807) is 7.11 Å². The molecule has 0 saturated heterocycles. The smallest absolute Gasteiger partial charge is 0.141 e. The maximum atomic E-state index is 5.34. The van der Waals surface area contributed by atoms with Gasteiger partial charge < -0.3 is 20.7 Å². The Kier molecular flexibility index (Phi) is 11.1. The van der Waals surface area contributed by atoms with Gasteiger partial charge in [0, 0.05) is 7.05 Å². The molecule has 0 bridgehead atoms. The van der Waals surface area contributed by atoms with Gasteiger partial charge in [0.2, 0.25) is 0 Å². The molecule has 154 valence electrons. The highest BCUT2D eigenvalue weighted by molar-refractivity contribution is 5.57. The molecule has 0 radical (unpaired) electrons. The minimum Gasteiger partial charge on any atom is -0.495 e. The summed E-state index contributed by atoms with van der Waals surface area (Å²) < 4.78 is 5.34. The van der Waals surface area contributed by atoms with Gasteiger partial charge in [0.1, 0.15) is 5.75 Å². The van der Waals surface area contributed by atoms with E-state index in [0.717, 1.165) is 50.5 Å². The SMILES string of the molecule is CNc1cc(CCNCCCCCCNCCc2ccccc2)ccc1OC. The van der Waals surface area contributed by atoms with Gasteiger partial charge in [-0.2, -0.15) is 0 Å². The van der Waals surface area contributed by atoms with Crippen LogP contribution in [0.5, 0.6) is 5.75 Å². The molecular formula is C24H37N3O. The molecule has 0 aliphatic heterocycles. The number of methoxy groups -OCH3 is 1. The fourth-order valence-corrected chi connectivity index (χ4v) is 3.32. The van der Waals surface area contributed by atoms with Crippen LogP contribution in [-0.2, 0) is 12.8 Å². The zero-order chi connectivity index (χ0) is 19.9. The van der Waals surface area contributed by atoms with Crippen LogP contribution >= 0.6 is 0 Å². The molecule has 0 heterocycles. The van der Waals surface area contributed by atoms with Crippen LogP contribution in [0.2, 0.25) is 0 Å². The lowest BCUT2D eigenvalue weighted by molar-refractivity contribution is 0.416. The molecule has 0 aromatic heterocycles. The summed E-state index contributed by atoms with van der Waals surface area (Å²) >= 11 is 0. The van der Waals surface area contributed by atoms with Crippen molar-refractivity contribution in [2.45, 2.75) is 38.5 Å². The summed E-state index contributed by atoms with van der Waals surface area (Å²) in [6.07, 6.45) is 7.31. The van der Waals surface area contributed by atoms with Crippen molar-refractivity contribution >= 4 is 5.69 Å². The second-order valence-corrected chi connectivity index (χ2v) is 7.18. The number of unbranched alkanes of at least 4 members (excludes halogenated alkanes) is 3. The minimum atomic E-state index is 0.897. The van der Waals surface area contributed by atoms with Crippen LogP contribution in [-0.4, -0.2) is 40.3 Å². The van der Waals surface area contributed by atoms with Crippen LogP contribution < -0.4 is 20.7 Å². The van der Waals surface area contributed by atoms with Crippen molar-refractivity contribution in [2.75, 3.05) is 45.7 Å². The van der Waals surface area contributed by atoms with E-state index in [0.29, 0.717) is 0 Å². The topological polar surface area (TPSA) is 45.3 Å². The molecular weight excluding hydrogens is 346 g/mol. The van der Waals surface area contributed by atoms with E-state index in [1.807, 2.05) is 13.1 Å². The highest BCUT2D eigenvalue weighted by Gasteiger charge is 2.02. The molecule has 2 aromatic rings. The van der Waals surface area contributed by atoms with Crippen molar-refractivity contribution in [1.82, 2.24) is 10.6 Å². The Morgan fingerprint density at radius 2 is 1.36 bits per heavy atom. The summed E-state index contributed by atoms with van der Waals surface area (Å²) in [7, 11) is 3.64. The van der Waals surface area contributed by atoms with Crippen LogP contribution in [0.4, 0.5) is 5.69 Å². The van der Waals surface area contributed by atoms with E-state index in [2.05, 4.69) is 58.4 Å². The number of benzene rings is 2. The van der Waals surface area contributed by atoms with Crippen LogP contribution in [0.3, 0.4) is 0 Å². The highest BCUT2D eigenvalue weighted by Crippen LogP contribution is 2.24. The Morgan fingerprint density at radius 1 is 0.714 bits per heavy atom. The first-order valence-electron chi connectivity index (χ1n) is 10.6. The Bertz CT molecular complexity index is 646. The molecule has 28 heavy (non-hydrogen) atoms. The Hall–Kier alpha value is -2.04. The molecule has 0 atom stereocenters. The zero-order valence-corrected chi connectivity index (χ0v) is 17.6. The molecule has 0 aliphatic carbocycles. The van der Waals surface area contributed by atoms with Gasteiger partial charge in [-0.25, -0.2) is 0 Å². The second-order valence-electron chi connectivity index (χ2n) is 7.18. The van der Waals surface area contributed by atoms with Gasteiger partial charge in [-0.15, -0.1) is 0 Å². The monoisotopic (exact) mass is 383 g/mol. The third-order valence-corrected chi connectivity index (χ3v) is 5.01. The average molecular weight is 384 g/mol. The second kappa shape index (κ2) is 14.0. The Labute approximate surface area is 171 Å². The van der Waals surface area contributed by atoms with E-state index in [9.17, 15) is 0 Å². The lowest BCUT2D eigenvalue weighted by Crippen LogP contribution is -2.19. The van der Waals surface area contributed by atoms with E-state index >= 15 is 0 Å². The highest BCUT2D eigenvalue weighted by atomic mass is 16.5. The summed E-state index contributed by atoms with van der Waals surface area (Å²) in [6.45, 7) is 4.34. The van der Waals surface area contributed by atoms with Crippen LogP contribution in [0.1, 0.15) is 36.8 Å². The summed E-state index contributed by atoms with van der Waals surface area (Å²) in [5.41, 5.74) is 3.80. The van der Waals surface area contributed by atoms with Crippen molar-refractivity contribution in [3.8, 4) is 5.75 Å². The quantitative estimate of drug-likeness (QED) is 0.402. The van der Waals surface area contributed by atoms with Gasteiger partial charge in [-0.3, -0.25) is 0 Å². The van der Waals surface area contributed by atoms with Gasteiger partial charge in [0.25, 0.3) is 0 Å². The fourth-order valence-electron chi connectivity index (χ4n) is 3.32. The lowest BCUT2D eigenvalue weighted by atomic mass is 10.1. The number of anilines is 1. The maximum absolute atomic E-state index is 5.34. The molecule has 3 N–H and O–H groups in total. The average Bonchev–Trinajstić information content (AvgIpc) is 2.75. The van der Waals surface area contributed by atoms with Crippen molar-refractivity contribution in [1.29, 1.82) is 0 Å². The first-order chi connectivity index (χ1) is 13.8. The minimum absolute atomic E-state index is 0.897. The van der Waals surface area contributed by atoms with Gasteiger partial charge in [-0.1, -0.05) is 49.2 Å². The molecule has 4 nitrogen and oxygen atoms in total. The van der Waals surface area contributed by atoms with Gasteiger partial charge in [0.15, 0.2) is 0 Å². The van der Waals surface area contributed by atoms with Crippen molar-refractivity contribution in [2.24, 2.45) is 0 Å². The predicted octanol–water partition coefficient (Wildman–Crippen LogP) is 4.26. The summed E-state index contributed by atoms with van der Waals surface area (Å²) in [5, 5.41) is 10.3. The maximum Gasteiger partial charge on any atom is 0.141 e. The van der Waals surface area contributed by atoms with Gasteiger partial charge in [-0.05, 0) is 75.1 Å². The lowest BCUT2D eigenvalue weighted by Gasteiger charge is -2.10. The summed E-state index contributed by atoms with van der Waals surface area (Å²) in [4.78, 5) is 0. The predicted molar refractivity (Wildman–Crippen MR) is 121 cm³/mol. The molecule has 0 fully saturated rings. The summed E-state index contributed by atoms with van der Waals surface area (Å²) in [6, 6.07) is 17.0. The third kappa shape index (κ3) is 8.77. The molecule has 0 unspecified atom stereocenters. The molecule has 2 rings (SSSR count). The standard InChI is InChI=1S/C24H37N3O/c1-25-23-20-22(12-13-24(23)28-2)15-19-27-17-9-4-3-8-16-26-18-14-21-10-6-5-7-11-21/h5-7,10-13,20,25-27H,3-4,8-9,14-19H2,1-2H3. The Morgan fingerprint density at radius 3 is 1.96 bits per heavy atom. The fraction of sp³-hybridized carbons (Fsp3) is 0.500. The van der Waals surface area contributed by atoms with E-state index in [4.69, 9.17) is 4.74 Å². The number of ether oxygens (including phenoxy) is 1. The van der Waals surface area contributed by atoms with E-state index < -0.39 is 0 Å². The molecule has 0 saturated carbocycles. The van der Waals surface area contributed by atoms with Crippen molar-refractivity contribution in [3.05, 3.63) is 59.7 Å². The first-order valence-corrected chi connectivity index (χ1v) is 10.6. The number of hydrogen-bond donors (Lipinski definition) is 3. The number of rotatable bonds is 15. The first kappa shape index (κ1) is 22.3. The van der Waals surface area contributed by atoms with Crippen LogP contribution in [0, 0.1) is 0 Å². The van der Waals surface area contributed by atoms with Gasteiger partial charge in [0.05, 0.1) is 12.8 Å². The van der Waals surface area contributed by atoms with E-state index in [1.165, 1.54) is 36.8 Å². The van der Waals surface area contributed by atoms with Crippen LogP contribution in [0.25, 0.3) is 0 Å². The van der Waals surface area contributed by atoms with Crippen LogP contribution in [0.15, 0.2) is 48.5 Å². The van der Waals surface area contributed by atoms with Crippen molar-refractivity contribution < 1.29 is 4.74 Å². The third-order valence-electron chi connectivity index (χ3n) is 5.01. The summed E-state index contributed by atoms with van der Waals surface area (Å²) in [5.74, 6) is 0.897. The number of hydrogen-bond acceptors (Lipinski definition) is 4. The van der Waals surface area contributed by atoms with Crippen molar-refractivity contribution in [3.63, 3.8) is 0 Å². The molecule has 4 heteroatoms. The van der Waals surface area contributed by atoms with Gasteiger partial charge >= 0.3 is 0 Å². The number of nitrogens with one attached hydrogen (secondary N) is 3. The molecule has 0 spiro atoms. The normalized spacial score (nSPS) is 10.8. The molecule has 0 aliphatic rings. The largest absolute Gasteiger partial charge is 0.495 e. The zero-order valence-electron chi connectivity index (χ0n) is 17.6. The molecule has 2 aromatic carbocycles. The van der Waals surface area contributed by atoms with E-state index in [-0.39, 0.29) is 0 Å². The Balaban J connectivity index is 1.41.